The van der Waals surface area contributed by atoms with Crippen molar-refractivity contribution in [3.63, 3.8) is 0 Å². The van der Waals surface area contributed by atoms with Crippen LogP contribution in [0.5, 0.6) is 0 Å². The van der Waals surface area contributed by atoms with Gasteiger partial charge in [0.1, 0.15) is 0 Å². The van der Waals surface area contributed by atoms with Crippen LogP contribution in [0.25, 0.3) is 0 Å². The van der Waals surface area contributed by atoms with E-state index in [-0.39, 0.29) is 18.0 Å². The van der Waals surface area contributed by atoms with Gasteiger partial charge < -0.3 is 4.90 Å². The third-order valence-corrected chi connectivity index (χ3v) is 5.17. The van der Waals surface area contributed by atoms with Crippen molar-refractivity contribution in [3.8, 4) is 0 Å². The van der Waals surface area contributed by atoms with Crippen molar-refractivity contribution in [2.45, 2.75) is 37.8 Å². The van der Waals surface area contributed by atoms with Crippen molar-refractivity contribution >= 4 is 29.1 Å². The van der Waals surface area contributed by atoms with E-state index in [1.807, 2.05) is 11.0 Å². The summed E-state index contributed by atoms with van der Waals surface area (Å²) < 4.78 is 0. The number of hydrogen-bond donors (Lipinski definition) is 0. The molecule has 2 aromatic rings. The third kappa shape index (κ3) is 2.60. The predicted molar refractivity (Wildman–Crippen MR) is 88.7 cm³/mol. The summed E-state index contributed by atoms with van der Waals surface area (Å²) in [5.41, 5.74) is 2.69. The smallest absolute Gasteiger partial charge is 0.254 e. The van der Waals surface area contributed by atoms with Crippen molar-refractivity contribution < 1.29 is 4.79 Å². The van der Waals surface area contributed by atoms with Crippen molar-refractivity contribution in [1.29, 1.82) is 0 Å². The topological polar surface area (TPSA) is 46.1 Å². The maximum atomic E-state index is 13.0. The van der Waals surface area contributed by atoms with Crippen LogP contribution in [0.3, 0.4) is 0 Å². The second kappa shape index (κ2) is 5.77. The fraction of sp³-hybridized carbons (Fsp3) is 0.353. The number of hydrogen-bond acceptors (Lipinski definition) is 3. The van der Waals surface area contributed by atoms with Crippen LogP contribution in [0.4, 0.5) is 0 Å². The monoisotopic (exact) mass is 347 g/mol. The molecule has 3 heterocycles. The van der Waals surface area contributed by atoms with Crippen LogP contribution in [0, 0.1) is 0 Å². The van der Waals surface area contributed by atoms with Gasteiger partial charge in [-0.2, -0.15) is 5.10 Å². The van der Waals surface area contributed by atoms with Gasteiger partial charge in [0.2, 0.25) is 0 Å². The average Bonchev–Trinajstić information content (AvgIpc) is 2.55. The maximum Gasteiger partial charge on any atom is 0.254 e. The van der Waals surface area contributed by atoms with Gasteiger partial charge in [0.15, 0.2) is 5.15 Å². The van der Waals surface area contributed by atoms with Gasteiger partial charge in [0.05, 0.1) is 11.7 Å². The quantitative estimate of drug-likeness (QED) is 0.780. The first-order valence-corrected chi connectivity index (χ1v) is 8.49. The van der Waals surface area contributed by atoms with E-state index in [9.17, 15) is 4.79 Å². The highest BCUT2D eigenvalue weighted by Crippen LogP contribution is 2.42. The third-order valence-electron chi connectivity index (χ3n) is 4.73. The summed E-state index contributed by atoms with van der Waals surface area (Å²) in [6.07, 6.45) is 3.79. The molecule has 118 valence electrons. The maximum absolute atomic E-state index is 13.0. The SMILES string of the molecule is O=C(c1ccc(Cl)cc1)N1C2CCCC1c1cc(Cl)nnc1C2. The molecule has 2 atom stereocenters. The molecule has 2 aliphatic heterocycles. The summed E-state index contributed by atoms with van der Waals surface area (Å²) in [6.45, 7) is 0. The molecule has 0 saturated carbocycles. The van der Waals surface area contributed by atoms with Gasteiger partial charge in [-0.3, -0.25) is 4.79 Å². The standard InChI is InChI=1S/C17H15Cl2N3O/c18-11-6-4-10(5-7-11)17(23)22-12-2-1-3-15(22)13-9-16(19)21-20-14(13)8-12/h4-7,9,12,15H,1-3,8H2. The number of amides is 1. The molecule has 1 aromatic heterocycles. The number of fused-ring (bicyclic) bond motifs is 4. The first kappa shape index (κ1) is 14.9. The van der Waals surface area contributed by atoms with Crippen LogP contribution in [0.1, 0.15) is 46.9 Å². The van der Waals surface area contributed by atoms with Gasteiger partial charge in [0.25, 0.3) is 5.91 Å². The highest BCUT2D eigenvalue weighted by molar-refractivity contribution is 6.30. The normalized spacial score (nSPS) is 22.6. The molecule has 2 aliphatic rings. The Bertz CT molecular complexity index is 763. The number of carbonyl (C=O) groups is 1. The van der Waals surface area contributed by atoms with Crippen molar-refractivity contribution in [3.05, 3.63) is 57.3 Å². The highest BCUT2D eigenvalue weighted by Gasteiger charge is 2.41. The Kier molecular flexibility index (Phi) is 3.74. The second-order valence-corrected chi connectivity index (χ2v) is 6.92. The summed E-state index contributed by atoms with van der Waals surface area (Å²) in [5, 5.41) is 9.21. The van der Waals surface area contributed by atoms with E-state index in [1.165, 1.54) is 0 Å². The fourth-order valence-electron chi connectivity index (χ4n) is 3.71. The molecule has 6 heteroatoms. The molecule has 1 saturated heterocycles. The van der Waals surface area contributed by atoms with E-state index >= 15 is 0 Å². The lowest BCUT2D eigenvalue weighted by atomic mass is 9.82. The summed E-state index contributed by atoms with van der Waals surface area (Å²) in [6, 6.07) is 9.16. The van der Waals surface area contributed by atoms with E-state index < -0.39 is 0 Å². The Labute approximate surface area is 144 Å². The van der Waals surface area contributed by atoms with Gasteiger partial charge in [-0.1, -0.05) is 23.2 Å². The molecule has 1 fully saturated rings. The fourth-order valence-corrected chi connectivity index (χ4v) is 3.99. The van der Waals surface area contributed by atoms with Crippen LogP contribution in [0.15, 0.2) is 30.3 Å². The van der Waals surface area contributed by atoms with Crippen LogP contribution >= 0.6 is 23.2 Å². The number of nitrogens with zero attached hydrogens (tertiary/aromatic N) is 3. The number of rotatable bonds is 1. The zero-order valence-corrected chi connectivity index (χ0v) is 13.9. The molecular weight excluding hydrogens is 333 g/mol. The zero-order chi connectivity index (χ0) is 16.0. The Morgan fingerprint density at radius 3 is 2.70 bits per heavy atom. The van der Waals surface area contributed by atoms with Crippen molar-refractivity contribution in [2.24, 2.45) is 0 Å². The van der Waals surface area contributed by atoms with Crippen LogP contribution < -0.4 is 0 Å². The molecule has 0 spiro atoms. The van der Waals surface area contributed by atoms with Crippen LogP contribution in [0.2, 0.25) is 10.2 Å². The van der Waals surface area contributed by atoms with Crippen molar-refractivity contribution in [1.82, 2.24) is 15.1 Å². The second-order valence-electron chi connectivity index (χ2n) is 6.09. The Morgan fingerprint density at radius 1 is 1.13 bits per heavy atom. The van der Waals surface area contributed by atoms with Gasteiger partial charge in [-0.15, -0.1) is 5.10 Å². The molecular formula is C17H15Cl2N3O. The van der Waals surface area contributed by atoms with E-state index in [0.29, 0.717) is 15.7 Å². The number of benzene rings is 1. The van der Waals surface area contributed by atoms with Gasteiger partial charge in [0, 0.05) is 28.6 Å². The number of halogens is 2. The summed E-state index contributed by atoms with van der Waals surface area (Å²) in [4.78, 5) is 15.0. The van der Waals surface area contributed by atoms with Gasteiger partial charge in [-0.05, 0) is 49.6 Å². The molecule has 0 N–H and O–H groups in total. The van der Waals surface area contributed by atoms with E-state index in [4.69, 9.17) is 23.2 Å². The number of carbonyl (C=O) groups excluding carboxylic acids is 1. The zero-order valence-electron chi connectivity index (χ0n) is 12.4. The summed E-state index contributed by atoms with van der Waals surface area (Å²) >= 11 is 12.0. The minimum atomic E-state index is 0.0358. The molecule has 1 amide bonds. The number of piperidine rings is 1. The predicted octanol–water partition coefficient (Wildman–Crippen LogP) is 4.08. The molecule has 0 radical (unpaired) electrons. The summed E-state index contributed by atoms with van der Waals surface area (Å²) in [7, 11) is 0. The van der Waals surface area contributed by atoms with E-state index in [0.717, 1.165) is 36.9 Å². The molecule has 0 aliphatic carbocycles. The Hall–Kier alpha value is -1.65. The minimum Gasteiger partial charge on any atom is -0.328 e. The van der Waals surface area contributed by atoms with Gasteiger partial charge >= 0.3 is 0 Å². The van der Waals surface area contributed by atoms with Crippen LogP contribution in [-0.4, -0.2) is 27.0 Å². The molecule has 2 bridgehead atoms. The molecule has 1 aromatic carbocycles. The van der Waals surface area contributed by atoms with Gasteiger partial charge in [-0.25, -0.2) is 0 Å². The number of aromatic nitrogens is 2. The molecule has 4 rings (SSSR count). The molecule has 23 heavy (non-hydrogen) atoms. The molecule has 4 nitrogen and oxygen atoms in total. The lowest BCUT2D eigenvalue weighted by Crippen LogP contribution is -2.50. The first-order chi connectivity index (χ1) is 11.1. The Balaban J connectivity index is 1.74. The minimum absolute atomic E-state index is 0.0358. The summed E-state index contributed by atoms with van der Waals surface area (Å²) in [5.74, 6) is 0.0509. The Morgan fingerprint density at radius 2 is 1.91 bits per heavy atom. The lowest BCUT2D eigenvalue weighted by molar-refractivity contribution is 0.0394. The largest absolute Gasteiger partial charge is 0.328 e. The van der Waals surface area contributed by atoms with E-state index in [1.54, 1.807) is 24.3 Å². The highest BCUT2D eigenvalue weighted by atomic mass is 35.5. The first-order valence-electron chi connectivity index (χ1n) is 7.73. The van der Waals surface area contributed by atoms with Crippen molar-refractivity contribution in [2.75, 3.05) is 0 Å². The average molecular weight is 348 g/mol. The van der Waals surface area contributed by atoms with E-state index in [2.05, 4.69) is 10.2 Å². The van der Waals surface area contributed by atoms with Crippen LogP contribution in [-0.2, 0) is 6.42 Å². The lowest BCUT2D eigenvalue weighted by Gasteiger charge is -2.46. The molecule has 2 unspecified atom stereocenters.